The normalized spacial score (nSPS) is 26.7. The summed E-state index contributed by atoms with van der Waals surface area (Å²) in [7, 11) is 0. The molecule has 1 heterocycles. The van der Waals surface area contributed by atoms with Gasteiger partial charge >= 0.3 is 0 Å². The Kier molecular flexibility index (Phi) is 2.79. The number of benzene rings is 1. The second-order valence-corrected chi connectivity index (χ2v) is 3.76. The van der Waals surface area contributed by atoms with Crippen LogP contribution < -0.4 is 5.32 Å². The van der Waals surface area contributed by atoms with Gasteiger partial charge in [0.05, 0.1) is 0 Å². The van der Waals surface area contributed by atoms with E-state index in [1.807, 2.05) is 0 Å². The molecule has 2 rings (SSSR count). The number of aliphatic hydroxyl groups excluding tert-OH is 1. The maximum absolute atomic E-state index is 12.7. The number of nitrogens with one attached hydrogen (secondary N) is 1. The van der Waals surface area contributed by atoms with Gasteiger partial charge in [-0.25, -0.2) is 4.39 Å². The highest BCUT2D eigenvalue weighted by Gasteiger charge is 2.27. The fourth-order valence-corrected chi connectivity index (χ4v) is 2.02. The summed E-state index contributed by atoms with van der Waals surface area (Å²) in [5.74, 6) is 0.376. The minimum atomic E-state index is -0.208. The summed E-state index contributed by atoms with van der Waals surface area (Å²) in [6, 6.07) is 6.55. The van der Waals surface area contributed by atoms with E-state index < -0.39 is 0 Å². The van der Waals surface area contributed by atoms with Crippen LogP contribution in [0.25, 0.3) is 0 Å². The van der Waals surface area contributed by atoms with Crippen LogP contribution in [-0.2, 0) is 0 Å². The highest BCUT2D eigenvalue weighted by molar-refractivity contribution is 5.23. The minimum Gasteiger partial charge on any atom is -0.396 e. The van der Waals surface area contributed by atoms with Crippen molar-refractivity contribution in [1.82, 2.24) is 5.32 Å². The van der Waals surface area contributed by atoms with Crippen LogP contribution in [0.2, 0.25) is 0 Å². The number of aliphatic hydroxyl groups is 1. The van der Waals surface area contributed by atoms with Crippen molar-refractivity contribution in [3.8, 4) is 0 Å². The first-order chi connectivity index (χ1) is 6.81. The Bertz CT molecular complexity index is 299. The van der Waals surface area contributed by atoms with Gasteiger partial charge in [0.1, 0.15) is 5.82 Å². The second-order valence-electron chi connectivity index (χ2n) is 3.76. The van der Waals surface area contributed by atoms with Gasteiger partial charge in [0.25, 0.3) is 0 Å². The van der Waals surface area contributed by atoms with Gasteiger partial charge in [0.2, 0.25) is 0 Å². The van der Waals surface area contributed by atoms with Gasteiger partial charge in [-0.3, -0.25) is 0 Å². The molecule has 1 saturated heterocycles. The van der Waals surface area contributed by atoms with Crippen molar-refractivity contribution in [2.75, 3.05) is 19.7 Å². The van der Waals surface area contributed by atoms with Gasteiger partial charge in [0, 0.05) is 31.5 Å². The fourth-order valence-electron chi connectivity index (χ4n) is 2.02. The predicted octanol–water partition coefficient (Wildman–Crippen LogP) is 1.12. The minimum absolute atomic E-state index is 0.190. The van der Waals surface area contributed by atoms with Gasteiger partial charge in [-0.05, 0) is 17.7 Å². The van der Waals surface area contributed by atoms with Crippen molar-refractivity contribution in [3.05, 3.63) is 35.6 Å². The van der Waals surface area contributed by atoms with Gasteiger partial charge in [-0.2, -0.15) is 0 Å². The lowest BCUT2D eigenvalue weighted by Gasteiger charge is -2.16. The zero-order chi connectivity index (χ0) is 9.97. The Morgan fingerprint density at radius 1 is 1.29 bits per heavy atom. The van der Waals surface area contributed by atoms with E-state index in [0.717, 1.165) is 18.7 Å². The molecule has 0 amide bonds. The van der Waals surface area contributed by atoms with Gasteiger partial charge in [-0.1, -0.05) is 12.1 Å². The lowest BCUT2D eigenvalue weighted by atomic mass is 9.89. The summed E-state index contributed by atoms with van der Waals surface area (Å²) in [5.41, 5.74) is 1.11. The highest BCUT2D eigenvalue weighted by atomic mass is 19.1. The average molecular weight is 195 g/mol. The van der Waals surface area contributed by atoms with Crippen LogP contribution >= 0.6 is 0 Å². The number of hydrogen-bond acceptors (Lipinski definition) is 2. The molecule has 1 aromatic rings. The Morgan fingerprint density at radius 2 is 2.00 bits per heavy atom. The molecule has 0 radical (unpaired) electrons. The molecule has 0 spiro atoms. The summed E-state index contributed by atoms with van der Waals surface area (Å²) in [6.07, 6.45) is 0. The van der Waals surface area contributed by atoms with E-state index >= 15 is 0 Å². The van der Waals surface area contributed by atoms with Crippen molar-refractivity contribution in [2.45, 2.75) is 5.92 Å². The lowest BCUT2D eigenvalue weighted by molar-refractivity contribution is 0.226. The highest BCUT2D eigenvalue weighted by Crippen LogP contribution is 2.27. The average Bonchev–Trinajstić information content (AvgIpc) is 2.67. The molecule has 76 valence electrons. The molecule has 3 heteroatoms. The van der Waals surface area contributed by atoms with Crippen LogP contribution in [0.15, 0.2) is 24.3 Å². The number of rotatable bonds is 2. The molecule has 0 bridgehead atoms. The van der Waals surface area contributed by atoms with Crippen molar-refractivity contribution in [1.29, 1.82) is 0 Å². The van der Waals surface area contributed by atoms with Crippen molar-refractivity contribution < 1.29 is 9.50 Å². The summed E-state index contributed by atoms with van der Waals surface area (Å²) in [5, 5.41) is 12.4. The van der Waals surface area contributed by atoms with Crippen molar-refractivity contribution >= 4 is 0 Å². The van der Waals surface area contributed by atoms with Crippen molar-refractivity contribution in [2.24, 2.45) is 5.92 Å². The zero-order valence-corrected chi connectivity index (χ0v) is 7.91. The standard InChI is InChI=1S/C11H14FNO/c12-10-3-1-8(2-4-10)11-6-13-5-9(11)7-14/h1-4,9,11,13-14H,5-7H2/t9-,11+/m0/s1. The molecular weight excluding hydrogens is 181 g/mol. The Hall–Kier alpha value is -0.930. The first-order valence-corrected chi connectivity index (χ1v) is 4.88. The Morgan fingerprint density at radius 3 is 2.64 bits per heavy atom. The lowest BCUT2D eigenvalue weighted by Crippen LogP contribution is -2.14. The molecule has 14 heavy (non-hydrogen) atoms. The maximum atomic E-state index is 12.7. The number of hydrogen-bond donors (Lipinski definition) is 2. The van der Waals surface area contributed by atoms with Crippen LogP contribution in [0.3, 0.4) is 0 Å². The smallest absolute Gasteiger partial charge is 0.123 e. The topological polar surface area (TPSA) is 32.3 Å². The van der Waals surface area contributed by atoms with Gasteiger partial charge in [0.15, 0.2) is 0 Å². The molecule has 0 unspecified atom stereocenters. The first-order valence-electron chi connectivity index (χ1n) is 4.88. The summed E-state index contributed by atoms with van der Waals surface area (Å²) < 4.78 is 12.7. The monoisotopic (exact) mass is 195 g/mol. The molecule has 0 saturated carbocycles. The third kappa shape index (κ3) is 1.79. The van der Waals surface area contributed by atoms with E-state index in [1.165, 1.54) is 12.1 Å². The van der Waals surface area contributed by atoms with Crippen LogP contribution in [-0.4, -0.2) is 24.8 Å². The van der Waals surface area contributed by atoms with Crippen LogP contribution in [0.1, 0.15) is 11.5 Å². The van der Waals surface area contributed by atoms with E-state index in [-0.39, 0.29) is 18.3 Å². The third-order valence-electron chi connectivity index (χ3n) is 2.87. The Labute approximate surface area is 82.8 Å². The van der Waals surface area contributed by atoms with E-state index in [0.29, 0.717) is 5.92 Å². The molecular formula is C11H14FNO. The predicted molar refractivity (Wildman–Crippen MR) is 52.6 cm³/mol. The molecule has 0 aromatic heterocycles. The maximum Gasteiger partial charge on any atom is 0.123 e. The molecule has 1 aliphatic heterocycles. The molecule has 1 fully saturated rings. The largest absolute Gasteiger partial charge is 0.396 e. The van der Waals surface area contributed by atoms with Crippen molar-refractivity contribution in [3.63, 3.8) is 0 Å². The van der Waals surface area contributed by atoms with Crippen LogP contribution in [0.4, 0.5) is 4.39 Å². The first kappa shape index (κ1) is 9.62. The third-order valence-corrected chi connectivity index (χ3v) is 2.87. The quantitative estimate of drug-likeness (QED) is 0.741. The number of halogens is 1. The van der Waals surface area contributed by atoms with E-state index in [9.17, 15) is 4.39 Å². The molecule has 2 N–H and O–H groups in total. The SMILES string of the molecule is OC[C@@H]1CNC[C@@H]1c1ccc(F)cc1. The molecule has 2 nitrogen and oxygen atoms in total. The van der Waals surface area contributed by atoms with E-state index in [2.05, 4.69) is 5.32 Å². The van der Waals surface area contributed by atoms with E-state index in [4.69, 9.17) is 5.11 Å². The van der Waals surface area contributed by atoms with Gasteiger partial charge in [-0.15, -0.1) is 0 Å². The van der Waals surface area contributed by atoms with Crippen LogP contribution in [0.5, 0.6) is 0 Å². The van der Waals surface area contributed by atoms with E-state index in [1.54, 1.807) is 12.1 Å². The second kappa shape index (κ2) is 4.07. The summed E-state index contributed by atoms with van der Waals surface area (Å²) in [6.45, 7) is 1.91. The molecule has 2 atom stereocenters. The fraction of sp³-hybridized carbons (Fsp3) is 0.455. The van der Waals surface area contributed by atoms with Crippen LogP contribution in [0, 0.1) is 11.7 Å². The van der Waals surface area contributed by atoms with Gasteiger partial charge < -0.3 is 10.4 Å². The summed E-state index contributed by atoms with van der Waals surface area (Å²) >= 11 is 0. The molecule has 1 aliphatic rings. The zero-order valence-electron chi connectivity index (χ0n) is 7.91. The summed E-state index contributed by atoms with van der Waals surface area (Å²) in [4.78, 5) is 0. The molecule has 1 aromatic carbocycles. The Balaban J connectivity index is 2.17. The molecule has 0 aliphatic carbocycles.